The van der Waals surface area contributed by atoms with Crippen LogP contribution in [0.15, 0.2) is 52.4 Å². The number of nitrogens with zero attached hydrogens (tertiary/aromatic N) is 4. The average molecular weight is 461 g/mol. The number of hydrogen-bond acceptors (Lipinski definition) is 6. The number of carbonyl (C=O) groups is 1. The second kappa shape index (κ2) is 8.33. The van der Waals surface area contributed by atoms with Crippen LogP contribution in [0.4, 0.5) is 5.69 Å². The van der Waals surface area contributed by atoms with Gasteiger partial charge in [-0.05, 0) is 43.2 Å². The summed E-state index contributed by atoms with van der Waals surface area (Å²) >= 11 is 1.17. The Morgan fingerprint density at radius 1 is 1.10 bits per heavy atom. The number of fused-ring (bicyclic) bond motifs is 1. The van der Waals surface area contributed by atoms with Crippen LogP contribution in [0.3, 0.4) is 0 Å². The zero-order valence-corrected chi connectivity index (χ0v) is 18.4. The number of amides is 1. The maximum absolute atomic E-state index is 12.7. The number of carbonyl (C=O) groups excluding carboxylic acids is 1. The number of sulfonamides is 1. The molecule has 0 aliphatic carbocycles. The van der Waals surface area contributed by atoms with Gasteiger partial charge in [-0.3, -0.25) is 14.9 Å². The molecule has 0 N–H and O–H groups in total. The molecule has 3 aromatic rings. The minimum Gasteiger partial charge on any atom is -0.319 e. The Bertz CT molecular complexity index is 1330. The molecule has 1 aliphatic heterocycles. The number of hydrogen-bond donors (Lipinski definition) is 0. The fourth-order valence-electron chi connectivity index (χ4n) is 3.52. The molecular formula is C20H20N4O5S2. The van der Waals surface area contributed by atoms with Crippen LogP contribution in [0.1, 0.15) is 29.6 Å². The molecule has 1 aliphatic rings. The van der Waals surface area contributed by atoms with Gasteiger partial charge in [0.25, 0.3) is 11.6 Å². The maximum Gasteiger partial charge on any atom is 0.279 e. The molecule has 1 fully saturated rings. The lowest BCUT2D eigenvalue weighted by Crippen LogP contribution is -2.35. The van der Waals surface area contributed by atoms with Gasteiger partial charge in [-0.2, -0.15) is 9.30 Å². The van der Waals surface area contributed by atoms with E-state index in [0.717, 1.165) is 24.8 Å². The van der Waals surface area contributed by atoms with Crippen LogP contribution in [-0.2, 0) is 17.1 Å². The Hall–Kier alpha value is -2.89. The number of piperidine rings is 1. The highest BCUT2D eigenvalue weighted by molar-refractivity contribution is 7.89. The van der Waals surface area contributed by atoms with Crippen molar-refractivity contribution in [2.24, 2.45) is 12.0 Å². The van der Waals surface area contributed by atoms with E-state index in [-0.39, 0.29) is 16.1 Å². The Morgan fingerprint density at radius 2 is 1.77 bits per heavy atom. The van der Waals surface area contributed by atoms with E-state index in [1.54, 1.807) is 17.7 Å². The first-order valence-corrected chi connectivity index (χ1v) is 12.0. The van der Waals surface area contributed by atoms with Gasteiger partial charge in [0.05, 0.1) is 20.0 Å². The highest BCUT2D eigenvalue weighted by Gasteiger charge is 2.26. The predicted octanol–water partition coefficient (Wildman–Crippen LogP) is 3.06. The number of nitro benzene ring substituents is 1. The van der Waals surface area contributed by atoms with E-state index in [9.17, 15) is 23.3 Å². The van der Waals surface area contributed by atoms with Gasteiger partial charge in [-0.15, -0.1) is 0 Å². The van der Waals surface area contributed by atoms with Crippen molar-refractivity contribution in [3.63, 3.8) is 0 Å². The molecule has 31 heavy (non-hydrogen) atoms. The highest BCUT2D eigenvalue weighted by atomic mass is 32.2. The van der Waals surface area contributed by atoms with E-state index in [2.05, 4.69) is 4.99 Å². The molecule has 11 heteroatoms. The van der Waals surface area contributed by atoms with Crippen LogP contribution in [0.2, 0.25) is 0 Å². The zero-order chi connectivity index (χ0) is 22.2. The van der Waals surface area contributed by atoms with E-state index in [1.807, 2.05) is 0 Å². The van der Waals surface area contributed by atoms with Gasteiger partial charge in [0.1, 0.15) is 0 Å². The molecule has 0 saturated carbocycles. The Morgan fingerprint density at radius 3 is 2.42 bits per heavy atom. The van der Waals surface area contributed by atoms with Crippen molar-refractivity contribution in [3.05, 3.63) is 62.9 Å². The van der Waals surface area contributed by atoms with Crippen LogP contribution in [0, 0.1) is 10.1 Å². The molecule has 162 valence electrons. The normalized spacial score (nSPS) is 16.0. The summed E-state index contributed by atoms with van der Waals surface area (Å²) in [5.74, 6) is -0.515. The molecule has 0 radical (unpaired) electrons. The van der Waals surface area contributed by atoms with E-state index in [4.69, 9.17) is 0 Å². The lowest BCUT2D eigenvalue weighted by molar-refractivity contribution is -0.384. The van der Waals surface area contributed by atoms with Crippen LogP contribution in [0.25, 0.3) is 10.2 Å². The molecule has 0 spiro atoms. The summed E-state index contributed by atoms with van der Waals surface area (Å²) in [6.07, 6.45) is 2.73. The maximum atomic E-state index is 12.7. The molecule has 2 aromatic carbocycles. The fraction of sp³-hybridized carbons (Fsp3) is 0.300. The first kappa shape index (κ1) is 21.3. The van der Waals surface area contributed by atoms with Crippen molar-refractivity contribution in [1.29, 1.82) is 0 Å². The standard InChI is InChI=1S/C20H20N4O5S2/c1-22-17-10-7-15(24(26)27)13-18(17)30-20(22)21-19(25)14-5-8-16(9-6-14)31(28,29)23-11-3-2-4-12-23/h5-10,13H,2-4,11-12H2,1H3. The third kappa shape index (κ3) is 4.16. The summed E-state index contributed by atoms with van der Waals surface area (Å²) in [4.78, 5) is 27.8. The molecule has 1 saturated heterocycles. The zero-order valence-electron chi connectivity index (χ0n) is 16.7. The van der Waals surface area contributed by atoms with Crippen LogP contribution < -0.4 is 4.80 Å². The first-order chi connectivity index (χ1) is 14.8. The highest BCUT2D eigenvalue weighted by Crippen LogP contribution is 2.23. The van der Waals surface area contributed by atoms with Crippen molar-refractivity contribution in [1.82, 2.24) is 8.87 Å². The average Bonchev–Trinajstić information content (AvgIpc) is 3.09. The number of thiazole rings is 1. The van der Waals surface area contributed by atoms with Crippen molar-refractivity contribution in [3.8, 4) is 0 Å². The topological polar surface area (TPSA) is 115 Å². The summed E-state index contributed by atoms with van der Waals surface area (Å²) in [7, 11) is -1.84. The number of benzene rings is 2. The van der Waals surface area contributed by atoms with Crippen LogP contribution >= 0.6 is 11.3 Å². The lowest BCUT2D eigenvalue weighted by Gasteiger charge is -2.25. The largest absolute Gasteiger partial charge is 0.319 e. The summed E-state index contributed by atoms with van der Waals surface area (Å²) in [6.45, 7) is 1.03. The van der Waals surface area contributed by atoms with Crippen molar-refractivity contribution >= 4 is 43.2 Å². The minimum absolute atomic E-state index is 0.0299. The Kier molecular flexibility index (Phi) is 5.73. The van der Waals surface area contributed by atoms with Gasteiger partial charge in [0.15, 0.2) is 4.80 Å². The van der Waals surface area contributed by atoms with E-state index in [0.29, 0.717) is 22.6 Å². The third-order valence-corrected chi connectivity index (χ3v) is 8.26. The summed E-state index contributed by atoms with van der Waals surface area (Å²) in [5.41, 5.74) is 0.962. The van der Waals surface area contributed by atoms with E-state index < -0.39 is 20.9 Å². The van der Waals surface area contributed by atoms with Gasteiger partial charge < -0.3 is 4.57 Å². The van der Waals surface area contributed by atoms with Gasteiger partial charge in [0.2, 0.25) is 10.0 Å². The molecule has 1 amide bonds. The third-order valence-electron chi connectivity index (χ3n) is 5.26. The lowest BCUT2D eigenvalue weighted by atomic mass is 10.2. The van der Waals surface area contributed by atoms with Crippen LogP contribution in [0.5, 0.6) is 0 Å². The van der Waals surface area contributed by atoms with Crippen LogP contribution in [-0.4, -0.2) is 41.2 Å². The molecule has 4 rings (SSSR count). The van der Waals surface area contributed by atoms with Gasteiger partial charge in [0, 0.05) is 37.8 Å². The molecule has 0 bridgehead atoms. The molecule has 1 aromatic heterocycles. The monoisotopic (exact) mass is 460 g/mol. The predicted molar refractivity (Wildman–Crippen MR) is 116 cm³/mol. The number of aromatic nitrogens is 1. The fourth-order valence-corrected chi connectivity index (χ4v) is 6.08. The van der Waals surface area contributed by atoms with E-state index >= 15 is 0 Å². The second-order valence-corrected chi connectivity index (χ2v) is 10.2. The molecule has 0 atom stereocenters. The second-order valence-electron chi connectivity index (χ2n) is 7.26. The number of nitro groups is 1. The van der Waals surface area contributed by atoms with Crippen molar-refractivity contribution in [2.75, 3.05) is 13.1 Å². The quantitative estimate of drug-likeness (QED) is 0.438. The number of non-ortho nitro benzene ring substituents is 1. The van der Waals surface area contributed by atoms with Gasteiger partial charge >= 0.3 is 0 Å². The summed E-state index contributed by atoms with van der Waals surface area (Å²) < 4.78 is 29.3. The Labute approximate surface area is 182 Å². The number of rotatable bonds is 4. The van der Waals surface area contributed by atoms with Crippen molar-refractivity contribution < 1.29 is 18.1 Å². The first-order valence-electron chi connectivity index (χ1n) is 9.70. The van der Waals surface area contributed by atoms with Crippen molar-refractivity contribution in [2.45, 2.75) is 24.2 Å². The van der Waals surface area contributed by atoms with Gasteiger partial charge in [-0.25, -0.2) is 8.42 Å². The summed E-state index contributed by atoms with van der Waals surface area (Å²) in [5, 5.41) is 11.0. The molecule has 9 nitrogen and oxygen atoms in total. The molecule has 0 unspecified atom stereocenters. The Balaban J connectivity index is 1.62. The smallest absolute Gasteiger partial charge is 0.279 e. The minimum atomic E-state index is -3.56. The summed E-state index contributed by atoms with van der Waals surface area (Å²) in [6, 6.07) is 10.3. The van der Waals surface area contributed by atoms with Gasteiger partial charge in [-0.1, -0.05) is 17.8 Å². The molecule has 2 heterocycles. The number of aryl methyl sites for hydroxylation is 1. The van der Waals surface area contributed by atoms with E-state index in [1.165, 1.54) is 52.0 Å². The SMILES string of the molecule is Cn1c(=NC(=O)c2ccc(S(=O)(=O)N3CCCCC3)cc2)sc2cc([N+](=O)[O-])ccc21. The molecular weight excluding hydrogens is 440 g/mol.